The van der Waals surface area contributed by atoms with Crippen LogP contribution in [0.1, 0.15) is 35.7 Å². The van der Waals surface area contributed by atoms with E-state index in [1.54, 1.807) is 7.05 Å². The lowest BCUT2D eigenvalue weighted by Gasteiger charge is -2.31. The Kier molecular flexibility index (Phi) is 5.82. The Balaban J connectivity index is 1.56. The van der Waals surface area contributed by atoms with Crippen molar-refractivity contribution in [3.8, 4) is 0 Å². The minimum absolute atomic E-state index is 0.0828. The van der Waals surface area contributed by atoms with Crippen molar-refractivity contribution in [2.75, 3.05) is 23.3 Å². The van der Waals surface area contributed by atoms with E-state index < -0.39 is 0 Å². The van der Waals surface area contributed by atoms with Crippen molar-refractivity contribution in [3.63, 3.8) is 0 Å². The lowest BCUT2D eigenvalue weighted by molar-refractivity contribution is 0.477. The molecule has 0 saturated carbocycles. The molecule has 0 bridgehead atoms. The monoisotopic (exact) mass is 462 g/mol. The minimum Gasteiger partial charge on any atom is -0.444 e. The summed E-state index contributed by atoms with van der Waals surface area (Å²) >= 11 is 0. The molecule has 1 aromatic carbocycles. The summed E-state index contributed by atoms with van der Waals surface area (Å²) in [7, 11) is 1.71. The fourth-order valence-corrected chi connectivity index (χ4v) is 4.42. The third kappa shape index (κ3) is 4.16. The predicted molar refractivity (Wildman–Crippen MR) is 131 cm³/mol. The largest absolute Gasteiger partial charge is 0.444 e. The van der Waals surface area contributed by atoms with E-state index >= 15 is 0 Å². The molecule has 4 heterocycles. The maximum Gasteiger partial charge on any atom is 0.281 e. The first-order chi connectivity index (χ1) is 16.4. The summed E-state index contributed by atoms with van der Waals surface area (Å²) < 4.78 is 9.13. The summed E-state index contributed by atoms with van der Waals surface area (Å²) in [5, 5.41) is 3.18. The van der Waals surface area contributed by atoms with Gasteiger partial charge in [0.25, 0.3) is 5.56 Å². The Labute approximate surface area is 197 Å². The summed E-state index contributed by atoms with van der Waals surface area (Å²) in [5.74, 6) is 2.46. The van der Waals surface area contributed by atoms with Crippen LogP contribution in [0.25, 0.3) is 11.2 Å². The van der Waals surface area contributed by atoms with E-state index in [-0.39, 0.29) is 11.6 Å². The summed E-state index contributed by atoms with van der Waals surface area (Å²) in [5.41, 5.74) is 8.92. The zero-order chi connectivity index (χ0) is 23.8. The van der Waals surface area contributed by atoms with Gasteiger partial charge < -0.3 is 20.4 Å². The highest BCUT2D eigenvalue weighted by Crippen LogP contribution is 2.25. The minimum atomic E-state index is -0.164. The molecule has 10 heteroatoms. The Morgan fingerprint density at radius 3 is 2.68 bits per heavy atom. The lowest BCUT2D eigenvalue weighted by atomic mass is 10.1. The van der Waals surface area contributed by atoms with Crippen molar-refractivity contribution in [1.82, 2.24) is 24.1 Å². The maximum atomic E-state index is 13.5. The molecule has 0 aliphatic carbocycles. The van der Waals surface area contributed by atoms with Crippen molar-refractivity contribution in [1.29, 1.82) is 0 Å². The van der Waals surface area contributed by atoms with Gasteiger partial charge in [-0.15, -0.1) is 0 Å². The Bertz CT molecular complexity index is 1350. The fourth-order valence-electron chi connectivity index (χ4n) is 4.42. The van der Waals surface area contributed by atoms with Gasteiger partial charge in [-0.2, -0.15) is 9.97 Å². The molecule has 4 aromatic rings. The van der Waals surface area contributed by atoms with Crippen LogP contribution in [0.4, 0.5) is 11.9 Å². The van der Waals surface area contributed by atoms with Crippen molar-refractivity contribution in [3.05, 3.63) is 63.6 Å². The van der Waals surface area contributed by atoms with Crippen LogP contribution >= 0.6 is 0 Å². The van der Waals surface area contributed by atoms with Gasteiger partial charge in [-0.1, -0.05) is 30.3 Å². The van der Waals surface area contributed by atoms with E-state index in [4.69, 9.17) is 20.1 Å². The van der Waals surface area contributed by atoms with Crippen LogP contribution in [0, 0.1) is 13.8 Å². The first-order valence-electron chi connectivity index (χ1n) is 11.6. The number of piperidine rings is 1. The van der Waals surface area contributed by atoms with Gasteiger partial charge in [-0.25, -0.2) is 4.98 Å². The van der Waals surface area contributed by atoms with Crippen molar-refractivity contribution in [2.45, 2.75) is 45.8 Å². The number of imidazole rings is 1. The van der Waals surface area contributed by atoms with Crippen molar-refractivity contribution in [2.24, 2.45) is 12.8 Å². The number of rotatable bonds is 6. The van der Waals surface area contributed by atoms with Crippen LogP contribution in [-0.2, 0) is 20.1 Å². The first-order valence-corrected chi connectivity index (χ1v) is 11.6. The molecule has 1 aliphatic heterocycles. The molecule has 178 valence electrons. The van der Waals surface area contributed by atoms with Gasteiger partial charge in [-0.05, 0) is 32.3 Å². The van der Waals surface area contributed by atoms with Gasteiger partial charge in [0.2, 0.25) is 17.8 Å². The summed E-state index contributed by atoms with van der Waals surface area (Å²) in [6, 6.07) is 10.2. The lowest BCUT2D eigenvalue weighted by Crippen LogP contribution is -2.44. The molecule has 3 N–H and O–H groups in total. The van der Waals surface area contributed by atoms with E-state index in [1.165, 1.54) is 4.57 Å². The summed E-state index contributed by atoms with van der Waals surface area (Å²) in [6.07, 6.45) is 1.98. The summed E-state index contributed by atoms with van der Waals surface area (Å²) in [6.45, 7) is 6.16. The predicted octanol–water partition coefficient (Wildman–Crippen LogP) is 2.32. The smallest absolute Gasteiger partial charge is 0.281 e. The van der Waals surface area contributed by atoms with Crippen molar-refractivity contribution >= 4 is 23.1 Å². The van der Waals surface area contributed by atoms with Crippen LogP contribution in [0.3, 0.4) is 0 Å². The van der Waals surface area contributed by atoms with E-state index in [9.17, 15) is 4.79 Å². The zero-order valence-electron chi connectivity index (χ0n) is 19.8. The molecule has 1 atom stereocenters. The number of aromatic nitrogens is 5. The highest BCUT2D eigenvalue weighted by Gasteiger charge is 2.25. The number of nitrogens with zero attached hydrogens (tertiary/aromatic N) is 6. The maximum absolute atomic E-state index is 13.5. The average molecular weight is 463 g/mol. The molecule has 5 rings (SSSR count). The topological polar surface area (TPSA) is 120 Å². The fraction of sp³-hybridized carbons (Fsp3) is 0.417. The molecular formula is C24H30N8O2. The van der Waals surface area contributed by atoms with Gasteiger partial charge >= 0.3 is 0 Å². The zero-order valence-corrected chi connectivity index (χ0v) is 19.8. The standard InChI is InChI=1S/C24H30N8O2/c1-15-16(2)34-19(27-15)12-26-23-28-21-20(22(33)30(23)3)32(13-17-8-5-4-6-9-17)24(29-21)31-11-7-10-18(25)14-31/h4-6,8-9,18H,7,10-14,25H2,1-3H3,(H,26,28). The third-order valence-corrected chi connectivity index (χ3v) is 6.36. The van der Waals surface area contributed by atoms with Gasteiger partial charge in [-0.3, -0.25) is 13.9 Å². The number of hydrogen-bond donors (Lipinski definition) is 2. The van der Waals surface area contributed by atoms with Crippen LogP contribution in [0.15, 0.2) is 39.5 Å². The third-order valence-electron chi connectivity index (χ3n) is 6.36. The molecule has 3 aromatic heterocycles. The number of fused-ring (bicyclic) bond motifs is 1. The normalized spacial score (nSPS) is 16.4. The number of aryl methyl sites for hydroxylation is 2. The number of hydrogen-bond acceptors (Lipinski definition) is 8. The van der Waals surface area contributed by atoms with Crippen LogP contribution in [0.2, 0.25) is 0 Å². The highest BCUT2D eigenvalue weighted by molar-refractivity contribution is 5.75. The van der Waals surface area contributed by atoms with Crippen molar-refractivity contribution < 1.29 is 4.42 Å². The molecule has 0 amide bonds. The molecule has 1 unspecified atom stereocenters. The van der Waals surface area contributed by atoms with Gasteiger partial charge in [0.05, 0.1) is 18.8 Å². The number of benzene rings is 1. The number of nitrogens with two attached hydrogens (primary N) is 1. The number of nitrogens with one attached hydrogen (secondary N) is 1. The van der Waals surface area contributed by atoms with Crippen LogP contribution in [0.5, 0.6) is 0 Å². The quantitative estimate of drug-likeness (QED) is 0.448. The highest BCUT2D eigenvalue weighted by atomic mass is 16.4. The van der Waals surface area contributed by atoms with E-state index in [1.807, 2.05) is 48.7 Å². The Hall–Kier alpha value is -3.66. The van der Waals surface area contributed by atoms with Gasteiger partial charge in [0, 0.05) is 26.2 Å². The number of oxazole rings is 1. The SMILES string of the molecule is Cc1nc(CNc2nc3nc(N4CCCC(N)C4)n(Cc4ccccc4)c3c(=O)n2C)oc1C. The second-order valence-corrected chi connectivity index (χ2v) is 8.91. The first kappa shape index (κ1) is 22.1. The molecule has 1 aliphatic rings. The molecule has 34 heavy (non-hydrogen) atoms. The second kappa shape index (κ2) is 8.94. The van der Waals surface area contributed by atoms with E-state index in [0.717, 1.165) is 42.4 Å². The molecule has 10 nitrogen and oxygen atoms in total. The molecule has 0 radical (unpaired) electrons. The van der Waals surface area contributed by atoms with E-state index in [0.29, 0.717) is 42.6 Å². The van der Waals surface area contributed by atoms with E-state index in [2.05, 4.69) is 15.2 Å². The van der Waals surface area contributed by atoms with Crippen LogP contribution < -0.4 is 21.5 Å². The Morgan fingerprint density at radius 1 is 1.18 bits per heavy atom. The average Bonchev–Trinajstić information content (AvgIpc) is 3.35. The molecule has 0 spiro atoms. The molecule has 1 saturated heterocycles. The number of anilines is 2. The van der Waals surface area contributed by atoms with Gasteiger partial charge in [0.1, 0.15) is 5.76 Å². The molecule has 1 fully saturated rings. The Morgan fingerprint density at radius 2 is 1.97 bits per heavy atom. The van der Waals surface area contributed by atoms with Crippen LogP contribution in [-0.4, -0.2) is 43.2 Å². The summed E-state index contributed by atoms with van der Waals surface area (Å²) in [4.78, 5) is 29.6. The molecular weight excluding hydrogens is 432 g/mol. The van der Waals surface area contributed by atoms with Gasteiger partial charge in [0.15, 0.2) is 11.2 Å². The second-order valence-electron chi connectivity index (χ2n) is 8.91.